The fourth-order valence-corrected chi connectivity index (χ4v) is 2.04. The van der Waals surface area contributed by atoms with Crippen LogP contribution < -0.4 is 0 Å². The Balaban J connectivity index is 0.000000220. The van der Waals surface area contributed by atoms with E-state index in [1.165, 1.54) is 28.4 Å². The first kappa shape index (κ1) is 17.9. The summed E-state index contributed by atoms with van der Waals surface area (Å²) in [7, 11) is 5.26. The molecule has 0 aromatic carbocycles. The summed E-state index contributed by atoms with van der Waals surface area (Å²) < 4.78 is 17.8. The zero-order valence-corrected chi connectivity index (χ0v) is 13.0. The predicted octanol–water partition coefficient (Wildman–Crippen LogP) is -0.0630. The van der Waals surface area contributed by atoms with Gasteiger partial charge in [0.2, 0.25) is 0 Å². The van der Waals surface area contributed by atoms with Crippen molar-refractivity contribution in [1.29, 1.82) is 0 Å². The highest BCUT2D eigenvalue weighted by atomic mass is 16.5. The number of ether oxygens (including phenoxy) is 4. The van der Waals surface area contributed by atoms with Gasteiger partial charge in [0.05, 0.1) is 52.1 Å². The lowest BCUT2D eigenvalue weighted by atomic mass is 10.3. The molecule has 22 heavy (non-hydrogen) atoms. The van der Waals surface area contributed by atoms with E-state index in [9.17, 15) is 19.2 Å². The maximum Gasteiger partial charge on any atom is 0.309 e. The van der Waals surface area contributed by atoms with E-state index < -0.39 is 0 Å². The van der Waals surface area contributed by atoms with E-state index in [4.69, 9.17) is 0 Å². The zero-order chi connectivity index (χ0) is 16.9. The van der Waals surface area contributed by atoms with E-state index in [0.29, 0.717) is 12.8 Å². The number of carbonyl (C=O) groups excluding carboxylic acids is 4. The molecule has 8 heteroatoms. The minimum absolute atomic E-state index is 0.257. The van der Waals surface area contributed by atoms with Gasteiger partial charge >= 0.3 is 23.9 Å². The molecule has 0 amide bonds. The highest BCUT2D eigenvalue weighted by Crippen LogP contribution is 2.40. The van der Waals surface area contributed by atoms with Crippen LogP contribution in [0, 0.1) is 23.7 Å². The summed E-state index contributed by atoms with van der Waals surface area (Å²) in [4.78, 5) is 43.1. The molecular formula is C14H20O8. The van der Waals surface area contributed by atoms with Gasteiger partial charge in [-0.15, -0.1) is 0 Å². The Morgan fingerprint density at radius 3 is 0.864 bits per heavy atom. The number of hydrogen-bond donors (Lipinski definition) is 0. The van der Waals surface area contributed by atoms with Gasteiger partial charge in [0.25, 0.3) is 0 Å². The molecule has 0 aliphatic heterocycles. The smallest absolute Gasteiger partial charge is 0.309 e. The Morgan fingerprint density at radius 2 is 0.727 bits per heavy atom. The highest BCUT2D eigenvalue weighted by Gasteiger charge is 2.50. The van der Waals surface area contributed by atoms with Gasteiger partial charge in [-0.25, -0.2) is 0 Å². The standard InChI is InChI=1S/2C7H10O4/c2*1-10-6(8)4-3-5(4)7(9)11-2/h2*4-5H,3H2,1-2H3/t2*4-,5+. The lowest BCUT2D eigenvalue weighted by Crippen LogP contribution is -2.10. The van der Waals surface area contributed by atoms with E-state index in [1.807, 2.05) is 0 Å². The summed E-state index contributed by atoms with van der Waals surface area (Å²) in [5.41, 5.74) is 0. The molecule has 0 N–H and O–H groups in total. The van der Waals surface area contributed by atoms with Crippen LogP contribution in [0.1, 0.15) is 12.8 Å². The Morgan fingerprint density at radius 1 is 0.545 bits per heavy atom. The van der Waals surface area contributed by atoms with Gasteiger partial charge in [0.1, 0.15) is 0 Å². The van der Waals surface area contributed by atoms with E-state index >= 15 is 0 Å². The Hall–Kier alpha value is -2.12. The number of methoxy groups -OCH3 is 4. The molecular weight excluding hydrogens is 296 g/mol. The number of hydrogen-bond acceptors (Lipinski definition) is 8. The van der Waals surface area contributed by atoms with Gasteiger partial charge in [0, 0.05) is 0 Å². The number of esters is 4. The third-order valence-corrected chi connectivity index (χ3v) is 3.60. The summed E-state index contributed by atoms with van der Waals surface area (Å²) in [6, 6.07) is 0. The molecule has 2 rings (SSSR count). The first-order valence-electron chi connectivity index (χ1n) is 6.72. The minimum atomic E-state index is -0.319. The minimum Gasteiger partial charge on any atom is -0.469 e. The van der Waals surface area contributed by atoms with E-state index in [1.54, 1.807) is 0 Å². The Labute approximate surface area is 128 Å². The van der Waals surface area contributed by atoms with Crippen LogP contribution in [0.2, 0.25) is 0 Å². The lowest BCUT2D eigenvalue weighted by molar-refractivity contribution is -0.148. The van der Waals surface area contributed by atoms with Gasteiger partial charge < -0.3 is 18.9 Å². The third kappa shape index (κ3) is 4.44. The summed E-state index contributed by atoms with van der Waals surface area (Å²) in [6.45, 7) is 0. The topological polar surface area (TPSA) is 105 Å². The molecule has 8 nitrogen and oxygen atoms in total. The van der Waals surface area contributed by atoms with E-state index in [2.05, 4.69) is 18.9 Å². The van der Waals surface area contributed by atoms with Crippen molar-refractivity contribution in [2.75, 3.05) is 28.4 Å². The lowest BCUT2D eigenvalue weighted by Gasteiger charge is -1.96. The van der Waals surface area contributed by atoms with Crippen molar-refractivity contribution in [3.05, 3.63) is 0 Å². The van der Waals surface area contributed by atoms with E-state index in [0.717, 1.165) is 0 Å². The van der Waals surface area contributed by atoms with Gasteiger partial charge in [-0.2, -0.15) is 0 Å². The molecule has 0 spiro atoms. The SMILES string of the molecule is COC(=O)[C@H]1C[C@H]1C(=O)OC.COC(=O)[C@H]1C[C@H]1C(=O)OC. The zero-order valence-electron chi connectivity index (χ0n) is 13.0. The molecule has 2 fully saturated rings. The van der Waals surface area contributed by atoms with Gasteiger partial charge in [-0.1, -0.05) is 0 Å². The van der Waals surface area contributed by atoms with Crippen LogP contribution in [-0.2, 0) is 38.1 Å². The summed E-state index contributed by atoms with van der Waals surface area (Å²) in [5.74, 6) is -2.30. The van der Waals surface area contributed by atoms with Crippen molar-refractivity contribution in [2.24, 2.45) is 23.7 Å². The first-order valence-corrected chi connectivity index (χ1v) is 6.72. The van der Waals surface area contributed by atoms with Crippen molar-refractivity contribution in [3.8, 4) is 0 Å². The van der Waals surface area contributed by atoms with Crippen molar-refractivity contribution >= 4 is 23.9 Å². The van der Waals surface area contributed by atoms with Gasteiger partial charge in [-0.3, -0.25) is 19.2 Å². The predicted molar refractivity (Wildman–Crippen MR) is 71.3 cm³/mol. The maximum atomic E-state index is 10.8. The Bertz CT molecular complexity index is 376. The van der Waals surface area contributed by atoms with Gasteiger partial charge in [-0.05, 0) is 12.8 Å². The van der Waals surface area contributed by atoms with Crippen molar-refractivity contribution < 1.29 is 38.1 Å². The first-order chi connectivity index (χ1) is 10.4. The largest absolute Gasteiger partial charge is 0.469 e. The fourth-order valence-electron chi connectivity index (χ4n) is 2.04. The molecule has 0 bridgehead atoms. The molecule has 2 saturated carbocycles. The van der Waals surface area contributed by atoms with Crippen molar-refractivity contribution in [3.63, 3.8) is 0 Å². The quantitative estimate of drug-likeness (QED) is 0.524. The highest BCUT2D eigenvalue weighted by molar-refractivity contribution is 5.87. The number of rotatable bonds is 4. The molecule has 2 aliphatic rings. The van der Waals surface area contributed by atoms with Crippen LogP contribution in [0.5, 0.6) is 0 Å². The second-order valence-electron chi connectivity index (χ2n) is 4.99. The third-order valence-electron chi connectivity index (χ3n) is 3.60. The summed E-state index contributed by atoms with van der Waals surface area (Å²) >= 11 is 0. The maximum absolute atomic E-state index is 10.8. The Kier molecular flexibility index (Phi) is 6.33. The molecule has 0 aromatic heterocycles. The van der Waals surface area contributed by atoms with Gasteiger partial charge in [0.15, 0.2) is 0 Å². The van der Waals surface area contributed by atoms with Crippen molar-refractivity contribution in [1.82, 2.24) is 0 Å². The molecule has 0 unspecified atom stereocenters. The van der Waals surface area contributed by atoms with Crippen LogP contribution in [0.25, 0.3) is 0 Å². The normalized spacial score (nSPS) is 27.5. The second-order valence-corrected chi connectivity index (χ2v) is 4.99. The molecule has 0 aromatic rings. The van der Waals surface area contributed by atoms with Crippen LogP contribution in [0.3, 0.4) is 0 Å². The fraction of sp³-hybridized carbons (Fsp3) is 0.714. The molecule has 124 valence electrons. The molecule has 2 aliphatic carbocycles. The van der Waals surface area contributed by atoms with Crippen molar-refractivity contribution in [2.45, 2.75) is 12.8 Å². The molecule has 4 atom stereocenters. The van der Waals surface area contributed by atoms with Crippen LogP contribution in [-0.4, -0.2) is 52.3 Å². The monoisotopic (exact) mass is 316 g/mol. The van der Waals surface area contributed by atoms with E-state index in [-0.39, 0.29) is 47.5 Å². The average molecular weight is 316 g/mol. The average Bonchev–Trinajstić information content (AvgIpc) is 3.44. The second kappa shape index (κ2) is 7.77. The summed E-state index contributed by atoms with van der Waals surface area (Å²) in [5, 5.41) is 0. The van der Waals surface area contributed by atoms with Crippen LogP contribution in [0.15, 0.2) is 0 Å². The van der Waals surface area contributed by atoms with Crippen LogP contribution >= 0.6 is 0 Å². The number of carbonyl (C=O) groups is 4. The molecule has 0 heterocycles. The molecule has 0 radical (unpaired) electrons. The van der Waals surface area contributed by atoms with Crippen LogP contribution in [0.4, 0.5) is 0 Å². The molecule has 0 saturated heterocycles. The summed E-state index contributed by atoms with van der Waals surface area (Å²) in [6.07, 6.45) is 1.14.